The molecule has 1 aliphatic rings. The summed E-state index contributed by atoms with van der Waals surface area (Å²) in [6.07, 6.45) is 4.72. The highest BCUT2D eigenvalue weighted by molar-refractivity contribution is 7.15. The highest BCUT2D eigenvalue weighted by atomic mass is 32.1. The molecule has 0 radical (unpaired) electrons. The Labute approximate surface area is 177 Å². The Balaban J connectivity index is 1.23. The summed E-state index contributed by atoms with van der Waals surface area (Å²) >= 11 is 1.43. The van der Waals surface area contributed by atoms with Crippen LogP contribution in [0.25, 0.3) is 0 Å². The van der Waals surface area contributed by atoms with Gasteiger partial charge in [-0.3, -0.25) is 14.6 Å². The molecule has 4 rings (SSSR count). The Kier molecular flexibility index (Phi) is 6.03. The van der Waals surface area contributed by atoms with Crippen molar-refractivity contribution in [3.63, 3.8) is 0 Å². The highest BCUT2D eigenvalue weighted by Gasteiger charge is 2.33. The second-order valence-corrected chi connectivity index (χ2v) is 8.33. The molecule has 1 aliphatic carbocycles. The molecule has 3 aromatic heterocycles. The van der Waals surface area contributed by atoms with E-state index in [1.54, 1.807) is 12.3 Å². The molecule has 0 atom stereocenters. The SMILES string of the molecule is CC(=O)Nc1nnc([C@H]2C[C@H](Cc3ccc(NC(=O)Cc4ccccn4)nn3)C2)s1. The fourth-order valence-corrected chi connectivity index (χ4v) is 4.31. The molecule has 3 aromatic rings. The first-order valence-corrected chi connectivity index (χ1v) is 10.5. The van der Waals surface area contributed by atoms with E-state index in [0.29, 0.717) is 28.5 Å². The van der Waals surface area contributed by atoms with Crippen LogP contribution in [0, 0.1) is 5.92 Å². The van der Waals surface area contributed by atoms with Crippen LogP contribution in [0.3, 0.4) is 0 Å². The molecule has 9 nitrogen and oxygen atoms in total. The van der Waals surface area contributed by atoms with E-state index < -0.39 is 0 Å². The van der Waals surface area contributed by atoms with Gasteiger partial charge in [0.2, 0.25) is 16.9 Å². The zero-order chi connectivity index (χ0) is 20.9. The summed E-state index contributed by atoms with van der Waals surface area (Å²) in [5, 5.41) is 23.5. The van der Waals surface area contributed by atoms with Gasteiger partial charge in [-0.1, -0.05) is 17.4 Å². The minimum Gasteiger partial charge on any atom is -0.309 e. The second-order valence-electron chi connectivity index (χ2n) is 7.32. The first-order chi connectivity index (χ1) is 14.5. The van der Waals surface area contributed by atoms with E-state index in [1.807, 2.05) is 24.3 Å². The number of rotatable bonds is 7. The molecule has 0 spiro atoms. The Bertz CT molecular complexity index is 1020. The van der Waals surface area contributed by atoms with E-state index in [1.165, 1.54) is 18.3 Å². The Morgan fingerprint density at radius 1 is 1.03 bits per heavy atom. The molecular formula is C20H21N7O2S. The predicted molar refractivity (Wildman–Crippen MR) is 112 cm³/mol. The van der Waals surface area contributed by atoms with Gasteiger partial charge in [-0.2, -0.15) is 5.10 Å². The minimum absolute atomic E-state index is 0.140. The van der Waals surface area contributed by atoms with E-state index in [9.17, 15) is 9.59 Å². The van der Waals surface area contributed by atoms with Crippen LogP contribution in [-0.2, 0) is 22.4 Å². The third kappa shape index (κ3) is 5.20. The lowest BCUT2D eigenvalue weighted by Gasteiger charge is -2.33. The molecule has 30 heavy (non-hydrogen) atoms. The largest absolute Gasteiger partial charge is 0.309 e. The van der Waals surface area contributed by atoms with Crippen molar-refractivity contribution < 1.29 is 9.59 Å². The molecule has 0 aliphatic heterocycles. The molecule has 0 saturated heterocycles. The summed E-state index contributed by atoms with van der Waals surface area (Å²) in [6, 6.07) is 9.15. The maximum atomic E-state index is 12.1. The normalized spacial score (nSPS) is 17.8. The second kappa shape index (κ2) is 9.04. The molecular weight excluding hydrogens is 402 g/mol. The van der Waals surface area contributed by atoms with Crippen molar-refractivity contribution in [1.82, 2.24) is 25.4 Å². The quantitative estimate of drug-likeness (QED) is 0.599. The maximum absolute atomic E-state index is 12.1. The van der Waals surface area contributed by atoms with Crippen molar-refractivity contribution in [2.24, 2.45) is 5.92 Å². The molecule has 0 bridgehead atoms. The van der Waals surface area contributed by atoms with Crippen LogP contribution in [-0.4, -0.2) is 37.2 Å². The molecule has 154 valence electrons. The fraction of sp³-hybridized carbons (Fsp3) is 0.350. The van der Waals surface area contributed by atoms with Crippen LogP contribution in [0.1, 0.15) is 42.1 Å². The van der Waals surface area contributed by atoms with Gasteiger partial charge in [0.25, 0.3) is 0 Å². The van der Waals surface area contributed by atoms with Crippen molar-refractivity contribution in [2.45, 2.75) is 38.5 Å². The summed E-state index contributed by atoms with van der Waals surface area (Å²) < 4.78 is 0. The van der Waals surface area contributed by atoms with E-state index in [2.05, 4.69) is 36.0 Å². The third-order valence-electron chi connectivity index (χ3n) is 4.86. The van der Waals surface area contributed by atoms with Crippen LogP contribution in [0.2, 0.25) is 0 Å². The van der Waals surface area contributed by atoms with Crippen molar-refractivity contribution in [2.75, 3.05) is 10.6 Å². The molecule has 0 unspecified atom stereocenters. The number of aromatic nitrogens is 5. The molecule has 0 aromatic carbocycles. The van der Waals surface area contributed by atoms with E-state index in [4.69, 9.17) is 0 Å². The summed E-state index contributed by atoms with van der Waals surface area (Å²) in [5.41, 5.74) is 1.61. The van der Waals surface area contributed by atoms with Gasteiger partial charge in [0.15, 0.2) is 5.82 Å². The van der Waals surface area contributed by atoms with E-state index in [-0.39, 0.29) is 18.2 Å². The lowest BCUT2D eigenvalue weighted by molar-refractivity contribution is -0.116. The number of carbonyl (C=O) groups is 2. The molecule has 2 amide bonds. The molecule has 2 N–H and O–H groups in total. The van der Waals surface area contributed by atoms with Crippen molar-refractivity contribution >= 4 is 34.1 Å². The number of hydrogen-bond acceptors (Lipinski definition) is 8. The summed E-state index contributed by atoms with van der Waals surface area (Å²) in [7, 11) is 0. The van der Waals surface area contributed by atoms with Crippen LogP contribution in [0.4, 0.5) is 10.9 Å². The number of pyridine rings is 1. The average molecular weight is 424 g/mol. The van der Waals surface area contributed by atoms with Crippen LogP contribution in [0.15, 0.2) is 36.5 Å². The summed E-state index contributed by atoms with van der Waals surface area (Å²) in [5.74, 6) is 1.02. The number of nitrogens with one attached hydrogen (secondary N) is 2. The van der Waals surface area contributed by atoms with Crippen LogP contribution < -0.4 is 10.6 Å². The number of amides is 2. The van der Waals surface area contributed by atoms with E-state index in [0.717, 1.165) is 30.0 Å². The minimum atomic E-state index is -0.173. The molecule has 10 heteroatoms. The Hall–Kier alpha value is -3.27. The van der Waals surface area contributed by atoms with Gasteiger partial charge in [-0.05, 0) is 49.4 Å². The maximum Gasteiger partial charge on any atom is 0.231 e. The monoisotopic (exact) mass is 423 g/mol. The van der Waals surface area contributed by atoms with Gasteiger partial charge in [0.05, 0.1) is 12.1 Å². The first-order valence-electron chi connectivity index (χ1n) is 9.68. The first kappa shape index (κ1) is 20.0. The van der Waals surface area contributed by atoms with Crippen molar-refractivity contribution in [3.05, 3.63) is 52.9 Å². The standard InChI is InChI=1S/C20H21N7O2S/c1-12(28)22-20-27-26-19(30-20)14-8-13(9-14)10-16-5-6-17(25-24-16)23-18(29)11-15-4-2-3-7-21-15/h2-7,13-14H,8-11H2,1H3,(H,22,27,28)(H,23,25,29)/t13-,14-. The predicted octanol–water partition coefficient (Wildman–Crippen LogP) is 2.60. The fourth-order valence-electron chi connectivity index (χ4n) is 3.39. The highest BCUT2D eigenvalue weighted by Crippen LogP contribution is 2.44. The van der Waals surface area contributed by atoms with Gasteiger partial charge in [0.1, 0.15) is 5.01 Å². The van der Waals surface area contributed by atoms with Gasteiger partial charge in [-0.25, -0.2) is 0 Å². The third-order valence-corrected chi connectivity index (χ3v) is 5.86. The summed E-state index contributed by atoms with van der Waals surface area (Å²) in [6.45, 7) is 1.46. The zero-order valence-electron chi connectivity index (χ0n) is 16.4. The van der Waals surface area contributed by atoms with Gasteiger partial charge in [-0.15, -0.1) is 15.3 Å². The van der Waals surface area contributed by atoms with Crippen LogP contribution in [0.5, 0.6) is 0 Å². The lowest BCUT2D eigenvalue weighted by atomic mass is 9.73. The Morgan fingerprint density at radius 2 is 1.90 bits per heavy atom. The van der Waals surface area contributed by atoms with Gasteiger partial charge in [0, 0.05) is 24.7 Å². The van der Waals surface area contributed by atoms with Gasteiger partial charge >= 0.3 is 0 Å². The number of carbonyl (C=O) groups excluding carboxylic acids is 2. The molecule has 1 saturated carbocycles. The smallest absolute Gasteiger partial charge is 0.231 e. The summed E-state index contributed by atoms with van der Waals surface area (Å²) in [4.78, 5) is 27.3. The topological polar surface area (TPSA) is 123 Å². The van der Waals surface area contributed by atoms with E-state index >= 15 is 0 Å². The zero-order valence-corrected chi connectivity index (χ0v) is 17.2. The number of nitrogens with zero attached hydrogens (tertiary/aromatic N) is 5. The lowest BCUT2D eigenvalue weighted by Crippen LogP contribution is -2.24. The Morgan fingerprint density at radius 3 is 2.60 bits per heavy atom. The number of hydrogen-bond donors (Lipinski definition) is 2. The average Bonchev–Trinajstić information content (AvgIpc) is 3.13. The number of anilines is 2. The van der Waals surface area contributed by atoms with Crippen LogP contribution >= 0.6 is 11.3 Å². The molecule has 1 fully saturated rings. The van der Waals surface area contributed by atoms with Crippen molar-refractivity contribution in [3.8, 4) is 0 Å². The molecule has 3 heterocycles. The van der Waals surface area contributed by atoms with Crippen molar-refractivity contribution in [1.29, 1.82) is 0 Å². The van der Waals surface area contributed by atoms with Gasteiger partial charge < -0.3 is 10.6 Å².